The second-order valence-corrected chi connectivity index (χ2v) is 11.6. The van der Waals surface area contributed by atoms with Crippen LogP contribution in [0.5, 0.6) is 0 Å². The molecule has 290 valence electrons. The van der Waals surface area contributed by atoms with Crippen LogP contribution in [0.15, 0.2) is 72.8 Å². The van der Waals surface area contributed by atoms with Gasteiger partial charge in [-0.25, -0.2) is 15.0 Å². The first-order chi connectivity index (χ1) is 25.0. The quantitative estimate of drug-likeness (QED) is 0.167. The van der Waals surface area contributed by atoms with Gasteiger partial charge in [0.1, 0.15) is 17.1 Å². The van der Waals surface area contributed by atoms with Crippen LogP contribution in [0.3, 0.4) is 0 Å². The summed E-state index contributed by atoms with van der Waals surface area (Å²) in [5.74, 6) is 0. The van der Waals surface area contributed by atoms with Crippen molar-refractivity contribution in [2.45, 2.75) is 37.1 Å². The Morgan fingerprint density at radius 1 is 0.309 bits per heavy atom. The van der Waals surface area contributed by atoms with Gasteiger partial charge in [0.25, 0.3) is 0 Å². The first-order valence-electron chi connectivity index (χ1n) is 14.6. The number of hydrogen-bond acceptors (Lipinski definition) is 4. The summed E-state index contributed by atoms with van der Waals surface area (Å²) in [7, 11) is 0. The molecule has 0 spiro atoms. The van der Waals surface area contributed by atoms with Gasteiger partial charge >= 0.3 is 37.1 Å². The molecule has 0 aliphatic carbocycles. The third-order valence-electron chi connectivity index (χ3n) is 7.94. The number of alkyl halides is 18. The highest BCUT2D eigenvalue weighted by Gasteiger charge is 2.42. The minimum absolute atomic E-state index is 0.295. The predicted octanol–water partition coefficient (Wildman–Crippen LogP) is 12.9. The summed E-state index contributed by atoms with van der Waals surface area (Å²) in [6.07, 6.45) is -32.6. The van der Waals surface area contributed by atoms with Gasteiger partial charge in [-0.1, -0.05) is 18.2 Å². The maximum Gasteiger partial charge on any atom is 0.433 e. The number of anilines is 3. The molecule has 0 atom stereocenters. The topological polar surface area (TPSA) is 41.9 Å². The lowest BCUT2D eigenvalue weighted by atomic mass is 10.0. The summed E-state index contributed by atoms with van der Waals surface area (Å²) in [6, 6.07) is 4.90. The SMILES string of the molecule is FC(F)(F)c1cc(C(F)(F)F)c2ccc(N(c3ccc4c(C(F)(F)F)cc(C(F)(F)F)nc4c3)c3ccc4c(C(F)(F)F)cc(C(F)(F)F)nc4c3)cc2n1. The fourth-order valence-electron chi connectivity index (χ4n) is 5.65. The van der Waals surface area contributed by atoms with Crippen LogP contribution in [0.2, 0.25) is 0 Å². The highest BCUT2D eigenvalue weighted by Crippen LogP contribution is 2.46. The van der Waals surface area contributed by atoms with Gasteiger partial charge in [-0.2, -0.15) is 79.0 Å². The smallest absolute Gasteiger partial charge is 0.310 e. The Morgan fingerprint density at radius 3 is 0.745 bits per heavy atom. The van der Waals surface area contributed by atoms with Crippen LogP contribution in [0.1, 0.15) is 33.8 Å². The standard InChI is InChI=1S/C33H12F18N4/c34-28(35,36)19-10-25(31(43,44)45)52-22-7-13(1-4-16(19)22)55(14-2-5-17-20(29(37,38)39)11-26(32(46,47)48)53-23(17)8-14)15-3-6-18-21(30(40,41)42)12-27(33(49,50)51)54-24(18)9-15/h1-12H. The number of rotatable bonds is 3. The van der Waals surface area contributed by atoms with E-state index in [4.69, 9.17) is 0 Å². The molecule has 0 fully saturated rings. The average Bonchev–Trinajstić information content (AvgIpc) is 3.04. The highest BCUT2D eigenvalue weighted by molar-refractivity contribution is 5.95. The maximum atomic E-state index is 13.9. The minimum Gasteiger partial charge on any atom is -0.310 e. The molecule has 0 bridgehead atoms. The summed E-state index contributed by atoms with van der Waals surface area (Å²) in [4.78, 5) is 10.4. The lowest BCUT2D eigenvalue weighted by Crippen LogP contribution is -2.16. The fraction of sp³-hybridized carbons (Fsp3) is 0.182. The van der Waals surface area contributed by atoms with Crippen molar-refractivity contribution in [3.05, 3.63) is 107 Å². The zero-order valence-electron chi connectivity index (χ0n) is 26.0. The van der Waals surface area contributed by atoms with Crippen molar-refractivity contribution in [1.82, 2.24) is 15.0 Å². The van der Waals surface area contributed by atoms with Crippen LogP contribution in [0, 0.1) is 0 Å². The third-order valence-corrected chi connectivity index (χ3v) is 7.94. The van der Waals surface area contributed by atoms with Gasteiger partial charge in [-0.15, -0.1) is 0 Å². The van der Waals surface area contributed by atoms with E-state index in [0.29, 0.717) is 41.3 Å². The van der Waals surface area contributed by atoms with Gasteiger partial charge in [-0.3, -0.25) is 0 Å². The van der Waals surface area contributed by atoms with E-state index < -0.39 is 121 Å². The molecule has 6 rings (SSSR count). The summed E-state index contributed by atoms with van der Waals surface area (Å²) >= 11 is 0. The molecule has 0 aliphatic rings. The summed E-state index contributed by atoms with van der Waals surface area (Å²) < 4.78 is 248. The molecule has 3 aromatic heterocycles. The van der Waals surface area contributed by atoms with Gasteiger partial charge in [0.15, 0.2) is 0 Å². The van der Waals surface area contributed by atoms with Crippen LogP contribution in [-0.4, -0.2) is 15.0 Å². The van der Waals surface area contributed by atoms with Crippen molar-refractivity contribution in [3.63, 3.8) is 0 Å². The Balaban J connectivity index is 1.70. The Kier molecular flexibility index (Phi) is 8.88. The van der Waals surface area contributed by atoms with Crippen LogP contribution in [0.25, 0.3) is 32.7 Å². The molecular weight excluding hydrogens is 794 g/mol. The van der Waals surface area contributed by atoms with Crippen LogP contribution >= 0.6 is 0 Å². The van der Waals surface area contributed by atoms with Gasteiger partial charge in [-0.05, 0) is 54.6 Å². The Hall–Kier alpha value is -5.57. The van der Waals surface area contributed by atoms with Crippen molar-refractivity contribution < 1.29 is 79.0 Å². The molecule has 0 saturated carbocycles. The Bertz CT molecular complexity index is 2200. The van der Waals surface area contributed by atoms with Crippen LogP contribution in [0.4, 0.5) is 96.1 Å². The van der Waals surface area contributed by atoms with Crippen molar-refractivity contribution in [3.8, 4) is 0 Å². The molecule has 55 heavy (non-hydrogen) atoms. The first kappa shape index (κ1) is 39.1. The van der Waals surface area contributed by atoms with Crippen LogP contribution < -0.4 is 4.90 Å². The minimum atomic E-state index is -5.46. The molecule has 22 heteroatoms. The summed E-state index contributed by atoms with van der Waals surface area (Å²) in [5, 5.41) is -2.79. The molecular formula is C33H12F18N4. The van der Waals surface area contributed by atoms with E-state index in [0.717, 1.165) is 18.2 Å². The number of aromatic nitrogens is 3. The average molecular weight is 806 g/mol. The Labute approximate surface area is 292 Å². The van der Waals surface area contributed by atoms with E-state index in [1.54, 1.807) is 0 Å². The molecule has 0 saturated heterocycles. The molecule has 0 aliphatic heterocycles. The van der Waals surface area contributed by atoms with Crippen molar-refractivity contribution in [2.24, 2.45) is 0 Å². The number of nitrogens with zero attached hydrogens (tertiary/aromatic N) is 4. The molecule has 6 aromatic rings. The van der Waals surface area contributed by atoms with E-state index >= 15 is 0 Å². The zero-order chi connectivity index (χ0) is 40.8. The molecule has 3 heterocycles. The second-order valence-electron chi connectivity index (χ2n) is 11.6. The molecule has 0 amide bonds. The largest absolute Gasteiger partial charge is 0.433 e. The van der Waals surface area contributed by atoms with E-state index in [1.807, 2.05) is 0 Å². The molecule has 0 N–H and O–H groups in total. The maximum absolute atomic E-state index is 13.9. The number of benzene rings is 3. The van der Waals surface area contributed by atoms with Crippen molar-refractivity contribution in [2.75, 3.05) is 4.90 Å². The fourth-order valence-corrected chi connectivity index (χ4v) is 5.65. The molecule has 3 aromatic carbocycles. The zero-order valence-corrected chi connectivity index (χ0v) is 26.0. The molecule has 0 unspecified atom stereocenters. The highest BCUT2D eigenvalue weighted by atomic mass is 19.4. The monoisotopic (exact) mass is 806 g/mol. The van der Waals surface area contributed by atoms with Gasteiger partial charge in [0.2, 0.25) is 0 Å². The van der Waals surface area contributed by atoms with Gasteiger partial charge in [0.05, 0.1) is 33.2 Å². The van der Waals surface area contributed by atoms with Gasteiger partial charge in [0, 0.05) is 33.2 Å². The van der Waals surface area contributed by atoms with Crippen molar-refractivity contribution >= 4 is 49.8 Å². The number of halogens is 18. The van der Waals surface area contributed by atoms with E-state index in [1.165, 1.54) is 0 Å². The third kappa shape index (κ3) is 7.57. The number of fused-ring (bicyclic) bond motifs is 3. The summed E-state index contributed by atoms with van der Waals surface area (Å²) in [5.41, 5.74) is -16.4. The normalized spacial score (nSPS) is 13.6. The van der Waals surface area contributed by atoms with Crippen molar-refractivity contribution in [1.29, 1.82) is 0 Å². The molecule has 4 nitrogen and oxygen atoms in total. The second kappa shape index (κ2) is 12.5. The predicted molar refractivity (Wildman–Crippen MR) is 157 cm³/mol. The van der Waals surface area contributed by atoms with Gasteiger partial charge < -0.3 is 4.90 Å². The molecule has 0 radical (unpaired) electrons. The number of pyridine rings is 3. The lowest BCUT2D eigenvalue weighted by molar-refractivity contribution is -0.146. The number of hydrogen-bond donors (Lipinski definition) is 0. The van der Waals surface area contributed by atoms with Crippen LogP contribution in [-0.2, 0) is 37.1 Å². The van der Waals surface area contributed by atoms with E-state index in [-0.39, 0.29) is 18.2 Å². The van der Waals surface area contributed by atoms with E-state index in [2.05, 4.69) is 15.0 Å². The first-order valence-corrected chi connectivity index (χ1v) is 14.6. The van der Waals surface area contributed by atoms with E-state index in [9.17, 15) is 79.0 Å². The summed E-state index contributed by atoms with van der Waals surface area (Å²) in [6.45, 7) is 0. The lowest BCUT2D eigenvalue weighted by Gasteiger charge is -2.27. The Morgan fingerprint density at radius 2 is 0.545 bits per heavy atom.